The van der Waals surface area contributed by atoms with E-state index in [9.17, 15) is 0 Å². The van der Waals surface area contributed by atoms with E-state index < -0.39 is 0 Å². The van der Waals surface area contributed by atoms with Gasteiger partial charge in [-0.1, -0.05) is 45.9 Å². The molecule has 0 heteroatoms. The van der Waals surface area contributed by atoms with Crippen LogP contribution in [0, 0.1) is 12.8 Å². The molecule has 0 heterocycles. The van der Waals surface area contributed by atoms with E-state index in [2.05, 4.69) is 52.8 Å². The summed E-state index contributed by atoms with van der Waals surface area (Å²) in [6.45, 7) is 13.0. The maximum Gasteiger partial charge on any atom is -0.0219 e. The van der Waals surface area contributed by atoms with Gasteiger partial charge in [0, 0.05) is 0 Å². The third-order valence-electron chi connectivity index (χ3n) is 2.39. The van der Waals surface area contributed by atoms with Gasteiger partial charge in [-0.05, 0) is 41.9 Å². The van der Waals surface area contributed by atoms with Gasteiger partial charge in [0.05, 0.1) is 0 Å². The van der Waals surface area contributed by atoms with Crippen molar-refractivity contribution in [3.8, 4) is 0 Å². The predicted octanol–water partition coefficient (Wildman–Crippen LogP) is 4.19. The number of benzene rings is 1. The third-order valence-corrected chi connectivity index (χ3v) is 2.39. The molecule has 1 aromatic carbocycles. The van der Waals surface area contributed by atoms with Crippen LogP contribution in [0.5, 0.6) is 0 Å². The van der Waals surface area contributed by atoms with E-state index in [0.29, 0.717) is 5.92 Å². The molecule has 0 aliphatic rings. The van der Waals surface area contributed by atoms with E-state index in [0.717, 1.165) is 17.9 Å². The van der Waals surface area contributed by atoms with E-state index in [-0.39, 0.29) is 0 Å². The smallest absolute Gasteiger partial charge is 0.0219 e. The Morgan fingerprint density at radius 3 is 2.21 bits per heavy atom. The first kappa shape index (κ1) is 11.3. The molecule has 0 bridgehead atoms. The zero-order valence-corrected chi connectivity index (χ0v) is 9.80. The summed E-state index contributed by atoms with van der Waals surface area (Å²) < 4.78 is 0. The minimum Gasteiger partial charge on any atom is -0.0625 e. The average molecular weight is 189 g/mol. The quantitative estimate of drug-likeness (QED) is 0.668. The summed E-state index contributed by atoms with van der Waals surface area (Å²) in [5.41, 5.74) is 3.98. The second-order valence-corrected chi connectivity index (χ2v) is 4.84. The fourth-order valence-corrected chi connectivity index (χ4v) is 1.71. The molecule has 0 saturated carbocycles. The topological polar surface area (TPSA) is 0 Å². The number of hydrogen-bond donors (Lipinski definition) is 0. The lowest BCUT2D eigenvalue weighted by molar-refractivity contribution is 0.646. The highest BCUT2D eigenvalue weighted by Gasteiger charge is 2.04. The monoisotopic (exact) mass is 189 g/mol. The van der Waals surface area contributed by atoms with Crippen LogP contribution in [0.15, 0.2) is 18.2 Å². The van der Waals surface area contributed by atoms with Gasteiger partial charge in [-0.3, -0.25) is 0 Å². The van der Waals surface area contributed by atoms with Gasteiger partial charge >= 0.3 is 0 Å². The van der Waals surface area contributed by atoms with Crippen molar-refractivity contribution in [3.05, 3.63) is 41.8 Å². The van der Waals surface area contributed by atoms with Crippen molar-refractivity contribution in [1.29, 1.82) is 0 Å². The molecular weight excluding hydrogens is 168 g/mol. The summed E-state index contributed by atoms with van der Waals surface area (Å²) in [7, 11) is 0. The first-order valence-electron chi connectivity index (χ1n) is 5.45. The molecule has 14 heavy (non-hydrogen) atoms. The zero-order valence-electron chi connectivity index (χ0n) is 9.80. The van der Waals surface area contributed by atoms with Crippen molar-refractivity contribution in [2.75, 3.05) is 0 Å². The van der Waals surface area contributed by atoms with Gasteiger partial charge < -0.3 is 0 Å². The van der Waals surface area contributed by atoms with E-state index >= 15 is 0 Å². The maximum absolute atomic E-state index is 4.03. The molecule has 0 aromatic heterocycles. The summed E-state index contributed by atoms with van der Waals surface area (Å²) >= 11 is 0. The Hall–Kier alpha value is -0.780. The Bertz CT molecular complexity index is 295. The van der Waals surface area contributed by atoms with Crippen molar-refractivity contribution in [3.63, 3.8) is 0 Å². The fraction of sp³-hybridized carbons (Fsp3) is 0.500. The first-order valence-corrected chi connectivity index (χ1v) is 5.45. The van der Waals surface area contributed by atoms with Crippen molar-refractivity contribution < 1.29 is 0 Å². The summed E-state index contributed by atoms with van der Waals surface area (Å²) in [6, 6.07) is 6.71. The molecule has 0 saturated heterocycles. The Morgan fingerprint density at radius 2 is 1.71 bits per heavy atom. The molecule has 1 aromatic rings. The lowest BCUT2D eigenvalue weighted by Gasteiger charge is -2.11. The Labute approximate surface area is 88.4 Å². The minimum absolute atomic E-state index is 0.600. The largest absolute Gasteiger partial charge is 0.0625 e. The third kappa shape index (κ3) is 3.17. The highest BCUT2D eigenvalue weighted by atomic mass is 14.1. The van der Waals surface area contributed by atoms with Crippen molar-refractivity contribution in [2.24, 2.45) is 5.92 Å². The molecular formula is C14H21. The van der Waals surface area contributed by atoms with E-state index in [1.54, 1.807) is 0 Å². The van der Waals surface area contributed by atoms with Gasteiger partial charge in [0.15, 0.2) is 0 Å². The SMILES string of the molecule is [CH2]c1cc(CC(C)C)cc(C(C)C)c1. The van der Waals surface area contributed by atoms with Crippen molar-refractivity contribution in [1.82, 2.24) is 0 Å². The molecule has 1 radical (unpaired) electrons. The van der Waals surface area contributed by atoms with Crippen molar-refractivity contribution in [2.45, 2.75) is 40.0 Å². The molecule has 0 N–H and O–H groups in total. The van der Waals surface area contributed by atoms with Gasteiger partial charge in [-0.15, -0.1) is 0 Å². The van der Waals surface area contributed by atoms with Crippen LogP contribution in [0.2, 0.25) is 0 Å². The summed E-state index contributed by atoms with van der Waals surface area (Å²) in [4.78, 5) is 0. The van der Waals surface area contributed by atoms with Gasteiger partial charge in [0.2, 0.25) is 0 Å². The Balaban J connectivity index is 2.95. The molecule has 0 spiro atoms. The van der Waals surface area contributed by atoms with Crippen LogP contribution in [0.1, 0.15) is 50.3 Å². The van der Waals surface area contributed by atoms with Crippen LogP contribution < -0.4 is 0 Å². The molecule has 0 atom stereocenters. The Morgan fingerprint density at radius 1 is 1.07 bits per heavy atom. The molecule has 0 unspecified atom stereocenters. The predicted molar refractivity (Wildman–Crippen MR) is 63.5 cm³/mol. The molecule has 77 valence electrons. The van der Waals surface area contributed by atoms with Crippen LogP contribution in [0.3, 0.4) is 0 Å². The summed E-state index contributed by atoms with van der Waals surface area (Å²) in [6.07, 6.45) is 1.16. The van der Waals surface area contributed by atoms with E-state index in [1.807, 2.05) is 0 Å². The van der Waals surface area contributed by atoms with Gasteiger partial charge in [0.1, 0.15) is 0 Å². The average Bonchev–Trinajstić information content (AvgIpc) is 2.01. The van der Waals surface area contributed by atoms with Gasteiger partial charge in [-0.25, -0.2) is 0 Å². The maximum atomic E-state index is 4.03. The standard InChI is InChI=1S/C14H21/c1-10(2)6-13-7-12(5)8-14(9-13)11(3)4/h7-11H,5-6H2,1-4H3. The molecule has 0 aliphatic heterocycles. The van der Waals surface area contributed by atoms with Crippen molar-refractivity contribution >= 4 is 0 Å². The second-order valence-electron chi connectivity index (χ2n) is 4.84. The van der Waals surface area contributed by atoms with Crippen LogP contribution in [0.25, 0.3) is 0 Å². The summed E-state index contributed by atoms with van der Waals surface area (Å²) in [5, 5.41) is 0. The minimum atomic E-state index is 0.600. The van der Waals surface area contributed by atoms with Gasteiger partial charge in [-0.2, -0.15) is 0 Å². The van der Waals surface area contributed by atoms with Crippen LogP contribution >= 0.6 is 0 Å². The van der Waals surface area contributed by atoms with E-state index in [1.165, 1.54) is 11.1 Å². The highest BCUT2D eigenvalue weighted by molar-refractivity contribution is 5.33. The second kappa shape index (κ2) is 4.63. The van der Waals surface area contributed by atoms with Crippen LogP contribution in [-0.2, 0) is 6.42 Å². The lowest BCUT2D eigenvalue weighted by atomic mass is 9.94. The van der Waals surface area contributed by atoms with Crippen LogP contribution in [0.4, 0.5) is 0 Å². The molecule has 0 nitrogen and oxygen atoms in total. The number of hydrogen-bond acceptors (Lipinski definition) is 0. The molecule has 1 rings (SSSR count). The zero-order chi connectivity index (χ0) is 10.7. The Kier molecular flexibility index (Phi) is 3.74. The lowest BCUT2D eigenvalue weighted by Crippen LogP contribution is -1.97. The van der Waals surface area contributed by atoms with Crippen LogP contribution in [-0.4, -0.2) is 0 Å². The van der Waals surface area contributed by atoms with E-state index in [4.69, 9.17) is 0 Å². The summed E-state index contributed by atoms with van der Waals surface area (Å²) in [5.74, 6) is 1.32. The molecule has 0 aliphatic carbocycles. The molecule has 0 fully saturated rings. The van der Waals surface area contributed by atoms with Gasteiger partial charge in [0.25, 0.3) is 0 Å². The normalized spacial score (nSPS) is 11.4. The first-order chi connectivity index (χ1) is 6.49. The molecule has 0 amide bonds. The fourth-order valence-electron chi connectivity index (χ4n) is 1.71. The number of rotatable bonds is 3. The highest BCUT2D eigenvalue weighted by Crippen LogP contribution is 2.19.